The van der Waals surface area contributed by atoms with Gasteiger partial charge in [0.25, 0.3) is 0 Å². The SMILES string of the molecule is CCC(N)OC(C)(C)CC[Si](OC)(OC)OC. The molecule has 1 atom stereocenters. The van der Waals surface area contributed by atoms with Crippen molar-refractivity contribution in [2.45, 2.75) is 51.5 Å². The number of nitrogens with two attached hydrogens (primary N) is 1. The molecular weight excluding hydrogens is 238 g/mol. The van der Waals surface area contributed by atoms with Crippen LogP contribution in [0.25, 0.3) is 0 Å². The first kappa shape index (κ1) is 17.0. The van der Waals surface area contributed by atoms with Crippen molar-refractivity contribution in [3.63, 3.8) is 0 Å². The van der Waals surface area contributed by atoms with Gasteiger partial charge in [-0.1, -0.05) is 6.92 Å². The van der Waals surface area contributed by atoms with Crippen LogP contribution in [0, 0.1) is 0 Å². The zero-order valence-corrected chi connectivity index (χ0v) is 12.9. The van der Waals surface area contributed by atoms with E-state index in [-0.39, 0.29) is 11.8 Å². The molecule has 0 aliphatic heterocycles. The Morgan fingerprint density at radius 3 is 1.94 bits per heavy atom. The van der Waals surface area contributed by atoms with Gasteiger partial charge < -0.3 is 23.7 Å². The molecule has 0 bridgehead atoms. The molecule has 0 fully saturated rings. The van der Waals surface area contributed by atoms with E-state index in [0.717, 1.165) is 12.8 Å². The first-order valence-corrected chi connectivity index (χ1v) is 7.86. The van der Waals surface area contributed by atoms with Crippen molar-refractivity contribution >= 4 is 8.80 Å². The van der Waals surface area contributed by atoms with Gasteiger partial charge in [-0.2, -0.15) is 0 Å². The molecule has 0 heterocycles. The largest absolute Gasteiger partial charge is 0.500 e. The summed E-state index contributed by atoms with van der Waals surface area (Å²) in [6.07, 6.45) is 1.35. The van der Waals surface area contributed by atoms with Gasteiger partial charge in [0.15, 0.2) is 0 Å². The summed E-state index contributed by atoms with van der Waals surface area (Å²) in [5, 5.41) is 0. The highest BCUT2D eigenvalue weighted by atomic mass is 28.4. The predicted octanol–water partition coefficient (Wildman–Crippen LogP) is 1.74. The normalized spacial score (nSPS) is 15.0. The Morgan fingerprint density at radius 1 is 1.12 bits per heavy atom. The smallest absolute Gasteiger partial charge is 0.377 e. The van der Waals surface area contributed by atoms with Crippen molar-refractivity contribution in [3.05, 3.63) is 0 Å². The minimum atomic E-state index is -2.51. The van der Waals surface area contributed by atoms with Gasteiger partial charge in [-0.25, -0.2) is 0 Å². The fourth-order valence-corrected chi connectivity index (χ4v) is 3.58. The Balaban J connectivity index is 4.32. The average molecular weight is 265 g/mol. The van der Waals surface area contributed by atoms with Gasteiger partial charge in [-0.15, -0.1) is 0 Å². The predicted molar refractivity (Wildman–Crippen MR) is 69.6 cm³/mol. The number of hydrogen-bond acceptors (Lipinski definition) is 5. The van der Waals surface area contributed by atoms with Crippen LogP contribution < -0.4 is 5.73 Å². The van der Waals surface area contributed by atoms with E-state index in [0.29, 0.717) is 6.04 Å². The van der Waals surface area contributed by atoms with E-state index < -0.39 is 8.80 Å². The van der Waals surface area contributed by atoms with Crippen LogP contribution in [0.5, 0.6) is 0 Å². The minimum absolute atomic E-state index is 0.228. The summed E-state index contributed by atoms with van der Waals surface area (Å²) in [4.78, 5) is 0. The summed E-state index contributed by atoms with van der Waals surface area (Å²) in [6.45, 7) is 6.03. The molecule has 17 heavy (non-hydrogen) atoms. The van der Waals surface area contributed by atoms with Crippen molar-refractivity contribution in [2.24, 2.45) is 5.73 Å². The summed E-state index contributed by atoms with van der Waals surface area (Å²) >= 11 is 0. The molecule has 0 aliphatic carbocycles. The summed E-state index contributed by atoms with van der Waals surface area (Å²) in [5.74, 6) is 0. The molecule has 1 unspecified atom stereocenters. The zero-order chi connectivity index (χ0) is 13.5. The first-order chi connectivity index (χ1) is 7.84. The fraction of sp³-hybridized carbons (Fsp3) is 1.00. The van der Waals surface area contributed by atoms with Crippen LogP contribution in [-0.4, -0.2) is 42.0 Å². The third-order valence-electron chi connectivity index (χ3n) is 2.84. The van der Waals surface area contributed by atoms with Gasteiger partial charge in [-0.3, -0.25) is 0 Å². The topological polar surface area (TPSA) is 62.9 Å². The highest BCUT2D eigenvalue weighted by Crippen LogP contribution is 2.24. The molecule has 0 aromatic heterocycles. The van der Waals surface area contributed by atoms with Gasteiger partial charge in [0.05, 0.1) is 5.60 Å². The maximum Gasteiger partial charge on any atom is 0.500 e. The quantitative estimate of drug-likeness (QED) is 0.508. The molecule has 0 saturated carbocycles. The van der Waals surface area contributed by atoms with Crippen LogP contribution in [0.4, 0.5) is 0 Å². The van der Waals surface area contributed by atoms with Crippen LogP contribution in [0.15, 0.2) is 0 Å². The lowest BCUT2D eigenvalue weighted by molar-refractivity contribution is -0.0738. The van der Waals surface area contributed by atoms with E-state index in [1.807, 2.05) is 20.8 Å². The van der Waals surface area contributed by atoms with Crippen molar-refractivity contribution in [1.82, 2.24) is 0 Å². The maximum atomic E-state index is 5.79. The second-order valence-corrected chi connectivity index (χ2v) is 7.71. The molecule has 0 aromatic carbocycles. The van der Waals surface area contributed by atoms with Gasteiger partial charge >= 0.3 is 8.80 Å². The Hall–Kier alpha value is 0.0169. The molecule has 0 rings (SSSR count). The van der Waals surface area contributed by atoms with Crippen LogP contribution in [0.1, 0.15) is 33.6 Å². The summed E-state index contributed by atoms with van der Waals surface area (Å²) in [7, 11) is 2.34. The standard InChI is InChI=1S/C11H27NO4Si/c1-7-10(12)16-11(2,3)8-9-17(13-4,14-5)15-6/h10H,7-9,12H2,1-6H3. The summed E-state index contributed by atoms with van der Waals surface area (Å²) < 4.78 is 21.9. The van der Waals surface area contributed by atoms with E-state index in [1.54, 1.807) is 21.3 Å². The number of ether oxygens (including phenoxy) is 1. The Labute approximate surface area is 106 Å². The molecule has 6 heteroatoms. The van der Waals surface area contributed by atoms with Crippen molar-refractivity contribution in [1.29, 1.82) is 0 Å². The molecule has 0 aliphatic rings. The zero-order valence-electron chi connectivity index (χ0n) is 11.9. The highest BCUT2D eigenvalue weighted by Gasteiger charge is 2.39. The Kier molecular flexibility index (Phi) is 7.46. The van der Waals surface area contributed by atoms with Gasteiger partial charge in [0.2, 0.25) is 0 Å². The third kappa shape index (κ3) is 5.94. The molecule has 0 aromatic rings. The van der Waals surface area contributed by atoms with Crippen LogP contribution in [-0.2, 0) is 18.0 Å². The lowest BCUT2D eigenvalue weighted by Gasteiger charge is -2.32. The van der Waals surface area contributed by atoms with Gasteiger partial charge in [0.1, 0.15) is 6.23 Å². The molecule has 0 amide bonds. The lowest BCUT2D eigenvalue weighted by atomic mass is 10.1. The third-order valence-corrected chi connectivity index (χ3v) is 5.57. The molecule has 104 valence electrons. The molecule has 2 N–H and O–H groups in total. The molecule has 0 saturated heterocycles. The maximum absolute atomic E-state index is 5.79. The average Bonchev–Trinajstić information content (AvgIpc) is 2.31. The van der Waals surface area contributed by atoms with Crippen LogP contribution in [0.2, 0.25) is 6.04 Å². The second kappa shape index (κ2) is 7.45. The minimum Gasteiger partial charge on any atom is -0.377 e. The van der Waals surface area contributed by atoms with E-state index in [2.05, 4.69) is 0 Å². The van der Waals surface area contributed by atoms with E-state index in [4.69, 9.17) is 23.7 Å². The molecular formula is C11H27NO4Si. The van der Waals surface area contributed by atoms with Gasteiger partial charge in [0, 0.05) is 27.4 Å². The number of rotatable bonds is 9. The van der Waals surface area contributed by atoms with E-state index in [9.17, 15) is 0 Å². The Morgan fingerprint density at radius 2 is 1.59 bits per heavy atom. The van der Waals surface area contributed by atoms with E-state index in [1.165, 1.54) is 0 Å². The van der Waals surface area contributed by atoms with Crippen LogP contribution >= 0.6 is 0 Å². The molecule has 5 nitrogen and oxygen atoms in total. The lowest BCUT2D eigenvalue weighted by Crippen LogP contribution is -2.45. The molecule has 0 spiro atoms. The first-order valence-electron chi connectivity index (χ1n) is 5.93. The summed E-state index contributed by atoms with van der Waals surface area (Å²) in [5.41, 5.74) is 5.49. The molecule has 0 radical (unpaired) electrons. The summed E-state index contributed by atoms with van der Waals surface area (Å²) in [6, 6.07) is 0.708. The second-order valence-electron chi connectivity index (χ2n) is 4.62. The van der Waals surface area contributed by atoms with Crippen LogP contribution in [0.3, 0.4) is 0 Å². The van der Waals surface area contributed by atoms with Crippen molar-refractivity contribution in [2.75, 3.05) is 21.3 Å². The van der Waals surface area contributed by atoms with E-state index >= 15 is 0 Å². The monoisotopic (exact) mass is 265 g/mol. The van der Waals surface area contributed by atoms with Crippen molar-refractivity contribution < 1.29 is 18.0 Å². The highest BCUT2D eigenvalue weighted by molar-refractivity contribution is 6.60. The Bertz CT molecular complexity index is 201. The van der Waals surface area contributed by atoms with Crippen molar-refractivity contribution in [3.8, 4) is 0 Å². The fourth-order valence-electron chi connectivity index (χ4n) is 1.56. The number of hydrogen-bond donors (Lipinski definition) is 1. The van der Waals surface area contributed by atoms with Gasteiger partial charge in [-0.05, 0) is 26.7 Å².